The Kier molecular flexibility index (Phi) is 5.88. The van der Waals surface area contributed by atoms with Crippen LogP contribution in [0.3, 0.4) is 0 Å². The fourth-order valence-corrected chi connectivity index (χ4v) is 2.28. The summed E-state index contributed by atoms with van der Waals surface area (Å²) in [7, 11) is 0. The van der Waals surface area contributed by atoms with Gasteiger partial charge in [-0.1, -0.05) is 23.7 Å². The van der Waals surface area contributed by atoms with Crippen molar-refractivity contribution >= 4 is 11.6 Å². The lowest BCUT2D eigenvalue weighted by Crippen LogP contribution is -1.79. The first kappa shape index (κ1) is 17.2. The molecule has 0 atom stereocenters. The van der Waals surface area contributed by atoms with Gasteiger partial charge in [-0.2, -0.15) is 0 Å². The third-order valence-corrected chi connectivity index (χ3v) is 3.39. The number of furan rings is 1. The maximum Gasteiger partial charge on any atom is 0.229 e. The summed E-state index contributed by atoms with van der Waals surface area (Å²) < 4.78 is 38.4. The highest BCUT2D eigenvalue weighted by Crippen LogP contribution is 2.32. The summed E-state index contributed by atoms with van der Waals surface area (Å²) in [5.74, 6) is 1.17. The van der Waals surface area contributed by atoms with E-state index >= 15 is 0 Å². The smallest absolute Gasteiger partial charge is 0.229 e. The van der Waals surface area contributed by atoms with E-state index in [0.717, 1.165) is 22.5 Å². The maximum atomic E-state index is 13.3. The van der Waals surface area contributed by atoms with Gasteiger partial charge in [0.2, 0.25) is 6.93 Å². The maximum absolute atomic E-state index is 13.3. The van der Waals surface area contributed by atoms with Crippen LogP contribution in [-0.4, -0.2) is 6.93 Å². The normalized spacial score (nSPS) is 10.1. The zero-order valence-electron chi connectivity index (χ0n) is 12.3. The lowest BCUT2D eigenvalue weighted by Gasteiger charge is -2.00. The topological polar surface area (TPSA) is 13.1 Å². The van der Waals surface area contributed by atoms with Crippen molar-refractivity contribution in [3.05, 3.63) is 71.0 Å². The van der Waals surface area contributed by atoms with E-state index in [1.165, 1.54) is 12.1 Å². The molecule has 2 aromatic carbocycles. The zero-order valence-corrected chi connectivity index (χ0v) is 13.1. The molecule has 0 bridgehead atoms. The first-order valence-electron chi connectivity index (χ1n) is 6.79. The van der Waals surface area contributed by atoms with Crippen molar-refractivity contribution in [1.29, 1.82) is 0 Å². The second kappa shape index (κ2) is 7.88. The van der Waals surface area contributed by atoms with Crippen LogP contribution < -0.4 is 0 Å². The Morgan fingerprint density at radius 1 is 0.957 bits per heavy atom. The van der Waals surface area contributed by atoms with Gasteiger partial charge in [0.1, 0.15) is 17.3 Å². The Labute approximate surface area is 137 Å². The highest BCUT2D eigenvalue weighted by molar-refractivity contribution is 6.30. The van der Waals surface area contributed by atoms with E-state index < -0.39 is 6.93 Å². The van der Waals surface area contributed by atoms with Gasteiger partial charge >= 0.3 is 0 Å². The molecule has 0 amide bonds. The van der Waals surface area contributed by atoms with Gasteiger partial charge in [-0.05, 0) is 55.0 Å². The van der Waals surface area contributed by atoms with Gasteiger partial charge < -0.3 is 4.42 Å². The number of benzene rings is 2. The quantitative estimate of drug-likeness (QED) is 0.513. The van der Waals surface area contributed by atoms with Crippen molar-refractivity contribution in [1.82, 2.24) is 0 Å². The van der Waals surface area contributed by atoms with Crippen LogP contribution in [0.1, 0.15) is 5.56 Å². The summed E-state index contributed by atoms with van der Waals surface area (Å²) in [6.07, 6.45) is 0. The highest BCUT2D eigenvalue weighted by Gasteiger charge is 2.11. The highest BCUT2D eigenvalue weighted by atomic mass is 35.5. The van der Waals surface area contributed by atoms with Crippen LogP contribution in [0.15, 0.2) is 59.0 Å². The molecule has 0 aliphatic heterocycles. The van der Waals surface area contributed by atoms with Crippen molar-refractivity contribution in [3.8, 4) is 22.6 Å². The standard InChI is InChI=1S/C17H12ClFO.CH2F2/c1-11-9-16(12-5-7-14(18)8-6-12)20-17(11)13-3-2-4-15(19)10-13;2-1-3/h2-10H,1H3;1H2. The molecule has 0 radical (unpaired) electrons. The van der Waals surface area contributed by atoms with Gasteiger partial charge in [0, 0.05) is 16.1 Å². The fourth-order valence-electron chi connectivity index (χ4n) is 2.15. The molecule has 3 aromatic rings. The first-order valence-corrected chi connectivity index (χ1v) is 7.17. The molecule has 5 heteroatoms. The molecule has 0 unspecified atom stereocenters. The summed E-state index contributed by atoms with van der Waals surface area (Å²) in [6, 6.07) is 15.8. The van der Waals surface area contributed by atoms with E-state index in [1.54, 1.807) is 6.07 Å². The number of aryl methyl sites for hydroxylation is 1. The Balaban J connectivity index is 0.000000595. The monoisotopic (exact) mass is 338 g/mol. The number of alkyl halides is 2. The average molecular weight is 339 g/mol. The second-order valence-electron chi connectivity index (χ2n) is 4.74. The SMILES string of the molecule is Cc1cc(-c2ccc(Cl)cc2)oc1-c1cccc(F)c1.FCF. The van der Waals surface area contributed by atoms with Crippen LogP contribution in [0, 0.1) is 12.7 Å². The fraction of sp³-hybridized carbons (Fsp3) is 0.111. The van der Waals surface area contributed by atoms with Gasteiger partial charge in [0.05, 0.1) is 0 Å². The average Bonchev–Trinajstić information content (AvgIpc) is 2.91. The molecule has 0 aliphatic carbocycles. The van der Waals surface area contributed by atoms with Crippen molar-refractivity contribution in [3.63, 3.8) is 0 Å². The van der Waals surface area contributed by atoms with Gasteiger partial charge in [-0.25, -0.2) is 13.2 Å². The van der Waals surface area contributed by atoms with E-state index in [2.05, 4.69) is 0 Å². The summed E-state index contributed by atoms with van der Waals surface area (Å²) in [6.45, 7) is 0.198. The van der Waals surface area contributed by atoms with E-state index in [-0.39, 0.29) is 5.82 Å². The molecule has 0 N–H and O–H groups in total. The predicted molar refractivity (Wildman–Crippen MR) is 86.4 cm³/mol. The number of rotatable bonds is 2. The predicted octanol–water partition coefficient (Wildman–Crippen LogP) is 6.60. The molecule has 0 saturated carbocycles. The molecular formula is C18H14ClF3O. The second-order valence-corrected chi connectivity index (χ2v) is 5.18. The molecule has 23 heavy (non-hydrogen) atoms. The Morgan fingerprint density at radius 2 is 1.61 bits per heavy atom. The minimum absolute atomic E-state index is 0.272. The van der Waals surface area contributed by atoms with Crippen molar-refractivity contribution in [2.45, 2.75) is 6.92 Å². The largest absolute Gasteiger partial charge is 0.456 e. The van der Waals surface area contributed by atoms with Crippen molar-refractivity contribution in [2.75, 3.05) is 6.93 Å². The molecule has 120 valence electrons. The molecule has 1 nitrogen and oxygen atoms in total. The lowest BCUT2D eigenvalue weighted by atomic mass is 10.1. The first-order chi connectivity index (χ1) is 11.0. The van der Waals surface area contributed by atoms with Gasteiger partial charge in [-0.3, -0.25) is 0 Å². The van der Waals surface area contributed by atoms with Gasteiger partial charge in [0.15, 0.2) is 0 Å². The van der Waals surface area contributed by atoms with E-state index in [1.807, 2.05) is 43.3 Å². The van der Waals surface area contributed by atoms with Crippen LogP contribution in [0.4, 0.5) is 13.2 Å². The summed E-state index contributed by atoms with van der Waals surface area (Å²) in [5, 5.41) is 0.683. The summed E-state index contributed by atoms with van der Waals surface area (Å²) >= 11 is 5.88. The molecule has 0 spiro atoms. The third kappa shape index (κ3) is 4.39. The van der Waals surface area contributed by atoms with E-state index in [0.29, 0.717) is 10.8 Å². The molecule has 0 saturated heterocycles. The van der Waals surface area contributed by atoms with Crippen molar-refractivity contribution < 1.29 is 17.6 Å². The number of hydrogen-bond donors (Lipinski definition) is 0. The van der Waals surface area contributed by atoms with Gasteiger partial charge in [0.25, 0.3) is 0 Å². The molecule has 0 fully saturated rings. The summed E-state index contributed by atoms with van der Waals surface area (Å²) in [4.78, 5) is 0. The van der Waals surface area contributed by atoms with E-state index in [9.17, 15) is 13.2 Å². The third-order valence-electron chi connectivity index (χ3n) is 3.13. The molecule has 1 aromatic heterocycles. The molecule has 0 aliphatic rings. The molecular weight excluding hydrogens is 325 g/mol. The number of halogens is 4. The Hall–Kier alpha value is -2.20. The van der Waals surface area contributed by atoms with Crippen LogP contribution in [0.2, 0.25) is 5.02 Å². The molecule has 3 rings (SSSR count). The van der Waals surface area contributed by atoms with Crippen LogP contribution >= 0.6 is 11.6 Å². The Bertz CT molecular complexity index is 766. The Morgan fingerprint density at radius 3 is 2.22 bits per heavy atom. The van der Waals surface area contributed by atoms with Crippen LogP contribution in [0.25, 0.3) is 22.6 Å². The van der Waals surface area contributed by atoms with Gasteiger partial charge in [-0.15, -0.1) is 0 Å². The number of hydrogen-bond acceptors (Lipinski definition) is 1. The zero-order chi connectivity index (χ0) is 16.8. The minimum atomic E-state index is -1.75. The van der Waals surface area contributed by atoms with Crippen LogP contribution in [0.5, 0.6) is 0 Å². The van der Waals surface area contributed by atoms with Crippen molar-refractivity contribution in [2.24, 2.45) is 0 Å². The summed E-state index contributed by atoms with van der Waals surface area (Å²) in [5.41, 5.74) is 2.66. The minimum Gasteiger partial charge on any atom is -0.456 e. The van der Waals surface area contributed by atoms with Crippen LogP contribution in [-0.2, 0) is 0 Å². The molecule has 1 heterocycles. The lowest BCUT2D eigenvalue weighted by molar-refractivity contribution is 0.295. The van der Waals surface area contributed by atoms with E-state index in [4.69, 9.17) is 16.0 Å².